The molecule has 1 heterocycles. The van der Waals surface area contributed by atoms with Crippen LogP contribution in [0.1, 0.15) is 0 Å². The average molecular weight is 219 g/mol. The fourth-order valence-corrected chi connectivity index (χ4v) is 1.40. The SMILES string of the molecule is O=[N+]([O-])c1cc2ccccc2c([N+](=O)[O-])n1. The number of aromatic nitrogens is 1. The zero-order valence-corrected chi connectivity index (χ0v) is 7.86. The molecule has 7 heteroatoms. The van der Waals surface area contributed by atoms with E-state index < -0.39 is 21.5 Å². The van der Waals surface area contributed by atoms with Crippen LogP contribution in [0.5, 0.6) is 0 Å². The highest BCUT2D eigenvalue weighted by Gasteiger charge is 2.19. The zero-order valence-electron chi connectivity index (χ0n) is 7.86. The number of nitrogens with zero attached hydrogens (tertiary/aromatic N) is 3. The molecular weight excluding hydrogens is 214 g/mol. The molecule has 1 aromatic carbocycles. The van der Waals surface area contributed by atoms with Gasteiger partial charge in [0.2, 0.25) is 0 Å². The summed E-state index contributed by atoms with van der Waals surface area (Å²) in [6.45, 7) is 0. The van der Waals surface area contributed by atoms with Crippen molar-refractivity contribution >= 4 is 22.4 Å². The number of benzene rings is 1. The highest BCUT2D eigenvalue weighted by molar-refractivity contribution is 5.90. The van der Waals surface area contributed by atoms with E-state index >= 15 is 0 Å². The van der Waals surface area contributed by atoms with Crippen LogP contribution >= 0.6 is 0 Å². The van der Waals surface area contributed by atoms with E-state index in [1.807, 2.05) is 0 Å². The van der Waals surface area contributed by atoms with Crippen molar-refractivity contribution in [3.63, 3.8) is 0 Å². The second-order valence-corrected chi connectivity index (χ2v) is 3.04. The molecule has 80 valence electrons. The van der Waals surface area contributed by atoms with Crippen molar-refractivity contribution in [3.8, 4) is 0 Å². The van der Waals surface area contributed by atoms with E-state index in [9.17, 15) is 20.2 Å². The minimum absolute atomic E-state index is 0.290. The highest BCUT2D eigenvalue weighted by Crippen LogP contribution is 2.26. The molecule has 0 unspecified atom stereocenters. The molecule has 7 nitrogen and oxygen atoms in total. The van der Waals surface area contributed by atoms with Gasteiger partial charge in [0.05, 0.1) is 5.39 Å². The van der Waals surface area contributed by atoms with Gasteiger partial charge in [-0.1, -0.05) is 18.2 Å². The lowest BCUT2D eigenvalue weighted by atomic mass is 10.1. The fourth-order valence-electron chi connectivity index (χ4n) is 1.40. The number of hydrogen-bond acceptors (Lipinski definition) is 5. The molecule has 0 saturated carbocycles. The van der Waals surface area contributed by atoms with Crippen LogP contribution in [0, 0.1) is 20.2 Å². The van der Waals surface area contributed by atoms with E-state index in [1.54, 1.807) is 18.2 Å². The van der Waals surface area contributed by atoms with Gasteiger partial charge in [0, 0.05) is 11.1 Å². The molecule has 16 heavy (non-hydrogen) atoms. The maximum Gasteiger partial charge on any atom is 0.376 e. The summed E-state index contributed by atoms with van der Waals surface area (Å²) in [5, 5.41) is 22.0. The predicted molar refractivity (Wildman–Crippen MR) is 55.1 cm³/mol. The highest BCUT2D eigenvalue weighted by atomic mass is 16.6. The summed E-state index contributed by atoms with van der Waals surface area (Å²) >= 11 is 0. The van der Waals surface area contributed by atoms with Crippen LogP contribution < -0.4 is 0 Å². The van der Waals surface area contributed by atoms with Crippen LogP contribution in [0.2, 0.25) is 0 Å². The molecule has 1 aromatic heterocycles. The number of hydrogen-bond donors (Lipinski definition) is 0. The molecule has 0 aliphatic rings. The second-order valence-electron chi connectivity index (χ2n) is 3.04. The molecule has 0 aliphatic carbocycles. The fraction of sp³-hybridized carbons (Fsp3) is 0. The Morgan fingerprint density at radius 3 is 2.38 bits per heavy atom. The maximum absolute atomic E-state index is 10.7. The number of rotatable bonds is 2. The lowest BCUT2D eigenvalue weighted by Crippen LogP contribution is -1.98. The summed E-state index contributed by atoms with van der Waals surface area (Å²) < 4.78 is 0. The van der Waals surface area contributed by atoms with Gasteiger partial charge in [-0.2, -0.15) is 0 Å². The molecule has 0 aliphatic heterocycles. The standard InChI is InChI=1S/C9H5N3O4/c13-11(14)8-5-6-3-1-2-4-7(6)9(10-8)12(15)16/h1-5H. The average Bonchev–Trinajstić information content (AvgIpc) is 2.27. The topological polar surface area (TPSA) is 99.2 Å². The van der Waals surface area contributed by atoms with Gasteiger partial charge in [0.25, 0.3) is 0 Å². The monoisotopic (exact) mass is 219 g/mol. The minimum atomic E-state index is -0.751. The number of fused-ring (bicyclic) bond motifs is 1. The minimum Gasteiger partial charge on any atom is -0.358 e. The van der Waals surface area contributed by atoms with Crippen LogP contribution in [0.15, 0.2) is 30.3 Å². The second kappa shape index (κ2) is 3.54. The normalized spacial score (nSPS) is 10.2. The molecule has 0 atom stereocenters. The molecule has 0 N–H and O–H groups in total. The van der Waals surface area contributed by atoms with Gasteiger partial charge in [-0.05, 0) is 21.3 Å². The third kappa shape index (κ3) is 1.54. The van der Waals surface area contributed by atoms with Gasteiger partial charge in [-0.3, -0.25) is 0 Å². The first-order valence-electron chi connectivity index (χ1n) is 4.28. The van der Waals surface area contributed by atoms with Crippen LogP contribution in [0.4, 0.5) is 11.6 Å². The lowest BCUT2D eigenvalue weighted by molar-refractivity contribution is -0.401. The lowest BCUT2D eigenvalue weighted by Gasteiger charge is -1.99. The summed E-state index contributed by atoms with van der Waals surface area (Å²) in [7, 11) is 0. The number of pyridine rings is 1. The Hall–Kier alpha value is -2.57. The third-order valence-corrected chi connectivity index (χ3v) is 2.07. The quantitative estimate of drug-likeness (QED) is 0.568. The molecule has 0 fully saturated rings. The Morgan fingerprint density at radius 2 is 1.75 bits per heavy atom. The first-order valence-corrected chi connectivity index (χ1v) is 4.28. The summed E-state index contributed by atoms with van der Waals surface area (Å²) in [5.74, 6) is -1.02. The van der Waals surface area contributed by atoms with E-state index in [1.165, 1.54) is 12.1 Å². The Kier molecular flexibility index (Phi) is 2.20. The predicted octanol–water partition coefficient (Wildman–Crippen LogP) is 2.05. The van der Waals surface area contributed by atoms with E-state index in [-0.39, 0.29) is 5.39 Å². The van der Waals surface area contributed by atoms with Crippen molar-refractivity contribution in [2.24, 2.45) is 0 Å². The van der Waals surface area contributed by atoms with Crippen molar-refractivity contribution < 1.29 is 9.85 Å². The van der Waals surface area contributed by atoms with E-state index in [4.69, 9.17) is 0 Å². The van der Waals surface area contributed by atoms with Crippen molar-refractivity contribution in [1.82, 2.24) is 4.98 Å². The van der Waals surface area contributed by atoms with Crippen molar-refractivity contribution in [1.29, 1.82) is 0 Å². The Morgan fingerprint density at radius 1 is 1.06 bits per heavy atom. The van der Waals surface area contributed by atoms with Crippen LogP contribution in [-0.4, -0.2) is 14.8 Å². The van der Waals surface area contributed by atoms with Gasteiger partial charge in [-0.15, -0.1) is 0 Å². The smallest absolute Gasteiger partial charge is 0.358 e. The Balaban J connectivity index is 2.84. The molecule has 0 radical (unpaired) electrons. The van der Waals surface area contributed by atoms with E-state index in [2.05, 4.69) is 4.98 Å². The Labute approximate surface area is 88.6 Å². The van der Waals surface area contributed by atoms with Gasteiger partial charge in [-0.25, -0.2) is 0 Å². The molecule has 0 amide bonds. The Bertz CT molecular complexity index is 596. The van der Waals surface area contributed by atoms with Crippen LogP contribution in [0.25, 0.3) is 10.8 Å². The largest absolute Gasteiger partial charge is 0.376 e. The van der Waals surface area contributed by atoms with Gasteiger partial charge in [0.15, 0.2) is 0 Å². The van der Waals surface area contributed by atoms with Crippen LogP contribution in [-0.2, 0) is 0 Å². The molecule has 2 rings (SSSR count). The summed E-state index contributed by atoms with van der Waals surface area (Å²) in [4.78, 5) is 23.2. The summed E-state index contributed by atoms with van der Waals surface area (Å²) in [6, 6.07) is 7.54. The summed E-state index contributed by atoms with van der Waals surface area (Å²) in [5.41, 5.74) is 0. The first kappa shape index (κ1) is 9.97. The number of nitro groups is 2. The van der Waals surface area contributed by atoms with Crippen molar-refractivity contribution in [3.05, 3.63) is 50.6 Å². The van der Waals surface area contributed by atoms with E-state index in [0.717, 1.165) is 0 Å². The van der Waals surface area contributed by atoms with Gasteiger partial charge >= 0.3 is 11.6 Å². The molecule has 0 spiro atoms. The molecular formula is C9H5N3O4. The van der Waals surface area contributed by atoms with Crippen molar-refractivity contribution in [2.75, 3.05) is 0 Å². The maximum atomic E-state index is 10.7. The van der Waals surface area contributed by atoms with Crippen LogP contribution in [0.3, 0.4) is 0 Å². The zero-order chi connectivity index (χ0) is 11.7. The molecule has 0 bridgehead atoms. The van der Waals surface area contributed by atoms with Gasteiger partial charge in [0.1, 0.15) is 0 Å². The van der Waals surface area contributed by atoms with E-state index in [0.29, 0.717) is 5.39 Å². The van der Waals surface area contributed by atoms with Gasteiger partial charge < -0.3 is 20.2 Å². The molecule has 2 aromatic rings. The molecule has 0 saturated heterocycles. The van der Waals surface area contributed by atoms with Crippen molar-refractivity contribution in [2.45, 2.75) is 0 Å². The first-order chi connectivity index (χ1) is 7.59. The third-order valence-electron chi connectivity index (χ3n) is 2.07. The summed E-state index contributed by atoms with van der Waals surface area (Å²) in [6.07, 6.45) is 0.